The largest absolute Gasteiger partial charge is 0.497 e. The van der Waals surface area contributed by atoms with E-state index in [0.29, 0.717) is 24.2 Å². The molecule has 1 heterocycles. The van der Waals surface area contributed by atoms with Crippen LogP contribution < -0.4 is 4.74 Å². The summed E-state index contributed by atoms with van der Waals surface area (Å²) < 4.78 is 5.18. The monoisotopic (exact) mass is 335 g/mol. The molecule has 2 aromatic rings. The average Bonchev–Trinajstić information content (AvgIpc) is 2.68. The fraction of sp³-hybridized carbons (Fsp3) is 0.300. The summed E-state index contributed by atoms with van der Waals surface area (Å²) in [4.78, 5) is 16.8. The summed E-state index contributed by atoms with van der Waals surface area (Å²) in [6.07, 6.45) is 0. The molecule has 0 aromatic heterocycles. The quantitative estimate of drug-likeness (QED) is 0.861. The van der Waals surface area contributed by atoms with Crippen molar-refractivity contribution in [2.75, 3.05) is 33.3 Å². The van der Waals surface area contributed by atoms with Gasteiger partial charge in [-0.2, -0.15) is 5.26 Å². The molecular formula is C20H21N3O2. The zero-order valence-corrected chi connectivity index (χ0v) is 14.3. The molecule has 1 aliphatic heterocycles. The van der Waals surface area contributed by atoms with E-state index >= 15 is 0 Å². The Labute approximate surface area is 148 Å². The third-order valence-corrected chi connectivity index (χ3v) is 4.46. The molecule has 0 N–H and O–H groups in total. The van der Waals surface area contributed by atoms with Crippen LogP contribution in [-0.4, -0.2) is 49.0 Å². The molecule has 5 heteroatoms. The molecule has 3 rings (SSSR count). The minimum Gasteiger partial charge on any atom is -0.497 e. The maximum atomic E-state index is 12.6. The molecule has 1 saturated heterocycles. The fourth-order valence-electron chi connectivity index (χ4n) is 3.00. The Kier molecular flexibility index (Phi) is 5.32. The van der Waals surface area contributed by atoms with Gasteiger partial charge >= 0.3 is 0 Å². The van der Waals surface area contributed by atoms with Gasteiger partial charge < -0.3 is 9.64 Å². The Bertz CT molecular complexity index is 772. The molecule has 0 bridgehead atoms. The van der Waals surface area contributed by atoms with Crippen LogP contribution in [0.15, 0.2) is 48.5 Å². The van der Waals surface area contributed by atoms with Crippen LogP contribution in [0.3, 0.4) is 0 Å². The smallest absolute Gasteiger partial charge is 0.253 e. The Balaban J connectivity index is 1.55. The van der Waals surface area contributed by atoms with Crippen molar-refractivity contribution < 1.29 is 9.53 Å². The standard InChI is InChI=1S/C20H21N3O2/c1-25-19-7-5-16(6-8-19)15-22-9-11-23(12-10-22)20(24)18-4-2-3-17(13-18)14-21/h2-8,13H,9-12,15H2,1H3. The van der Waals surface area contributed by atoms with Crippen molar-refractivity contribution in [3.63, 3.8) is 0 Å². The van der Waals surface area contributed by atoms with E-state index < -0.39 is 0 Å². The second kappa shape index (κ2) is 7.82. The van der Waals surface area contributed by atoms with Crippen LogP contribution in [0.2, 0.25) is 0 Å². The van der Waals surface area contributed by atoms with Crippen molar-refractivity contribution >= 4 is 5.91 Å². The van der Waals surface area contributed by atoms with Gasteiger partial charge in [-0.25, -0.2) is 0 Å². The van der Waals surface area contributed by atoms with Crippen molar-refractivity contribution in [3.05, 3.63) is 65.2 Å². The number of nitrogens with zero attached hydrogens (tertiary/aromatic N) is 3. The highest BCUT2D eigenvalue weighted by molar-refractivity contribution is 5.94. The van der Waals surface area contributed by atoms with Crippen LogP contribution in [0, 0.1) is 11.3 Å². The topological polar surface area (TPSA) is 56.6 Å². The zero-order chi connectivity index (χ0) is 17.6. The number of amides is 1. The summed E-state index contributed by atoms with van der Waals surface area (Å²) >= 11 is 0. The molecule has 0 saturated carbocycles. The summed E-state index contributed by atoms with van der Waals surface area (Å²) in [6, 6.07) is 17.1. The highest BCUT2D eigenvalue weighted by atomic mass is 16.5. The van der Waals surface area contributed by atoms with Crippen LogP contribution in [0.4, 0.5) is 0 Å². The van der Waals surface area contributed by atoms with Crippen LogP contribution >= 0.6 is 0 Å². The number of carbonyl (C=O) groups excluding carboxylic acids is 1. The number of ether oxygens (including phenoxy) is 1. The lowest BCUT2D eigenvalue weighted by Gasteiger charge is -2.34. The minimum atomic E-state index is 0.00111. The first-order valence-electron chi connectivity index (χ1n) is 8.34. The van der Waals surface area contributed by atoms with Crippen LogP contribution in [0.1, 0.15) is 21.5 Å². The van der Waals surface area contributed by atoms with Gasteiger partial charge in [-0.15, -0.1) is 0 Å². The van der Waals surface area contributed by atoms with Crippen molar-refractivity contribution in [1.82, 2.24) is 9.80 Å². The molecule has 1 fully saturated rings. The Morgan fingerprint density at radius 2 is 1.84 bits per heavy atom. The maximum absolute atomic E-state index is 12.6. The number of nitriles is 1. The number of carbonyl (C=O) groups is 1. The maximum Gasteiger partial charge on any atom is 0.253 e. The van der Waals surface area contributed by atoms with Crippen LogP contribution in [-0.2, 0) is 6.54 Å². The lowest BCUT2D eigenvalue weighted by Crippen LogP contribution is -2.48. The highest BCUT2D eigenvalue weighted by Gasteiger charge is 2.22. The van der Waals surface area contributed by atoms with Crippen molar-refractivity contribution in [3.8, 4) is 11.8 Å². The molecule has 0 radical (unpaired) electrons. The first kappa shape index (κ1) is 17.0. The Morgan fingerprint density at radius 1 is 1.12 bits per heavy atom. The second-order valence-electron chi connectivity index (χ2n) is 6.11. The van der Waals surface area contributed by atoms with Gasteiger partial charge in [0.1, 0.15) is 5.75 Å². The van der Waals surface area contributed by atoms with Crippen LogP contribution in [0.25, 0.3) is 0 Å². The van der Waals surface area contributed by atoms with Crippen molar-refractivity contribution in [1.29, 1.82) is 5.26 Å². The Hall–Kier alpha value is -2.84. The van der Waals surface area contributed by atoms with E-state index in [1.807, 2.05) is 17.0 Å². The minimum absolute atomic E-state index is 0.00111. The first-order chi connectivity index (χ1) is 12.2. The second-order valence-corrected chi connectivity index (χ2v) is 6.11. The SMILES string of the molecule is COc1ccc(CN2CCN(C(=O)c3cccc(C#N)c3)CC2)cc1. The van der Waals surface area contributed by atoms with Gasteiger partial charge in [-0.05, 0) is 35.9 Å². The summed E-state index contributed by atoms with van der Waals surface area (Å²) in [5, 5.41) is 8.97. The number of hydrogen-bond acceptors (Lipinski definition) is 4. The van der Waals surface area contributed by atoms with Crippen LogP contribution in [0.5, 0.6) is 5.75 Å². The first-order valence-corrected chi connectivity index (χ1v) is 8.34. The molecule has 0 atom stereocenters. The lowest BCUT2D eigenvalue weighted by atomic mass is 10.1. The Morgan fingerprint density at radius 3 is 2.48 bits per heavy atom. The molecule has 128 valence electrons. The van der Waals surface area contributed by atoms with E-state index in [2.05, 4.69) is 23.1 Å². The van der Waals surface area contributed by atoms with Crippen molar-refractivity contribution in [2.45, 2.75) is 6.54 Å². The summed E-state index contributed by atoms with van der Waals surface area (Å²) in [6.45, 7) is 3.96. The number of rotatable bonds is 4. The fourth-order valence-corrected chi connectivity index (χ4v) is 3.00. The summed E-state index contributed by atoms with van der Waals surface area (Å²) in [5.74, 6) is 0.861. The molecule has 0 unspecified atom stereocenters. The average molecular weight is 335 g/mol. The summed E-state index contributed by atoms with van der Waals surface area (Å²) in [5.41, 5.74) is 2.34. The van der Waals surface area contributed by atoms with E-state index in [-0.39, 0.29) is 5.91 Å². The van der Waals surface area contributed by atoms with E-state index in [1.165, 1.54) is 5.56 Å². The van der Waals surface area contributed by atoms with Gasteiger partial charge in [0, 0.05) is 38.3 Å². The van der Waals surface area contributed by atoms with Gasteiger partial charge in [0.2, 0.25) is 0 Å². The van der Waals surface area contributed by atoms with E-state index in [1.54, 1.807) is 31.4 Å². The molecule has 25 heavy (non-hydrogen) atoms. The molecule has 1 aliphatic rings. The van der Waals surface area contributed by atoms with E-state index in [4.69, 9.17) is 10.00 Å². The predicted molar refractivity (Wildman–Crippen MR) is 95.3 cm³/mol. The molecule has 1 amide bonds. The van der Waals surface area contributed by atoms with E-state index in [0.717, 1.165) is 25.4 Å². The molecule has 0 aliphatic carbocycles. The number of hydrogen-bond donors (Lipinski definition) is 0. The third-order valence-electron chi connectivity index (χ3n) is 4.46. The zero-order valence-electron chi connectivity index (χ0n) is 14.3. The van der Waals surface area contributed by atoms with Gasteiger partial charge in [-0.1, -0.05) is 18.2 Å². The third kappa shape index (κ3) is 4.17. The number of methoxy groups -OCH3 is 1. The van der Waals surface area contributed by atoms with Gasteiger partial charge in [0.25, 0.3) is 5.91 Å². The highest BCUT2D eigenvalue weighted by Crippen LogP contribution is 2.15. The van der Waals surface area contributed by atoms with Gasteiger partial charge in [0.05, 0.1) is 18.7 Å². The normalized spacial score (nSPS) is 14.8. The van der Waals surface area contributed by atoms with Gasteiger partial charge in [0.15, 0.2) is 0 Å². The molecule has 0 spiro atoms. The predicted octanol–water partition coefficient (Wildman–Crippen LogP) is 2.52. The lowest BCUT2D eigenvalue weighted by molar-refractivity contribution is 0.0628. The summed E-state index contributed by atoms with van der Waals surface area (Å²) in [7, 11) is 1.66. The molecule has 5 nitrogen and oxygen atoms in total. The van der Waals surface area contributed by atoms with Crippen molar-refractivity contribution in [2.24, 2.45) is 0 Å². The number of benzene rings is 2. The van der Waals surface area contributed by atoms with Gasteiger partial charge in [-0.3, -0.25) is 9.69 Å². The number of piperazine rings is 1. The van der Waals surface area contributed by atoms with E-state index in [9.17, 15) is 4.79 Å². The molecule has 2 aromatic carbocycles. The molecular weight excluding hydrogens is 314 g/mol.